The minimum absolute atomic E-state index is 0.228. The first-order valence-corrected chi connectivity index (χ1v) is 7.04. The molecule has 0 fully saturated rings. The first-order chi connectivity index (χ1) is 10.1. The van der Waals surface area contributed by atoms with Gasteiger partial charge in [-0.1, -0.05) is 30.3 Å². The molecule has 0 aliphatic carbocycles. The van der Waals surface area contributed by atoms with Gasteiger partial charge in [-0.15, -0.1) is 0 Å². The van der Waals surface area contributed by atoms with Crippen LogP contribution >= 0.6 is 15.9 Å². The maximum absolute atomic E-state index is 12.0. The molecule has 1 amide bonds. The molecule has 1 atom stereocenters. The number of amides is 1. The molecule has 1 heterocycles. The van der Waals surface area contributed by atoms with Crippen LogP contribution in [0.4, 0.5) is 0 Å². The number of halogens is 1. The van der Waals surface area contributed by atoms with Crippen molar-refractivity contribution in [2.24, 2.45) is 0 Å². The summed E-state index contributed by atoms with van der Waals surface area (Å²) in [4.78, 5) is 27.3. The van der Waals surface area contributed by atoms with E-state index >= 15 is 0 Å². The Balaban J connectivity index is 2.07. The Labute approximate surface area is 130 Å². The average Bonchev–Trinajstić information content (AvgIpc) is 2.48. The second kappa shape index (κ2) is 6.99. The van der Waals surface area contributed by atoms with Gasteiger partial charge < -0.3 is 10.4 Å². The standard InChI is InChI=1S/C15H13BrN2O3/c16-13-7-6-11(9-17-13)14(19)18-12(15(20)21)8-10-4-2-1-3-5-10/h1-7,9,12H,8H2,(H,18,19)(H,20,21). The van der Waals surface area contributed by atoms with Crippen LogP contribution in [0.2, 0.25) is 0 Å². The maximum Gasteiger partial charge on any atom is 0.326 e. The number of benzene rings is 1. The fourth-order valence-corrected chi connectivity index (χ4v) is 2.04. The van der Waals surface area contributed by atoms with Gasteiger partial charge in [0, 0.05) is 12.6 Å². The van der Waals surface area contributed by atoms with Gasteiger partial charge in [0.1, 0.15) is 10.6 Å². The second-order valence-electron chi connectivity index (χ2n) is 4.42. The molecule has 6 heteroatoms. The summed E-state index contributed by atoms with van der Waals surface area (Å²) >= 11 is 3.18. The van der Waals surface area contributed by atoms with E-state index in [1.54, 1.807) is 12.1 Å². The van der Waals surface area contributed by atoms with Gasteiger partial charge in [0.15, 0.2) is 0 Å². The zero-order valence-corrected chi connectivity index (χ0v) is 12.6. The average molecular weight is 349 g/mol. The van der Waals surface area contributed by atoms with E-state index in [-0.39, 0.29) is 6.42 Å². The Hall–Kier alpha value is -2.21. The van der Waals surface area contributed by atoms with Crippen molar-refractivity contribution in [3.63, 3.8) is 0 Å². The van der Waals surface area contributed by atoms with Gasteiger partial charge in [-0.25, -0.2) is 9.78 Å². The first-order valence-electron chi connectivity index (χ1n) is 6.25. The van der Waals surface area contributed by atoms with E-state index in [1.807, 2.05) is 30.3 Å². The number of aromatic nitrogens is 1. The molecule has 5 nitrogen and oxygen atoms in total. The number of carboxylic acids is 1. The van der Waals surface area contributed by atoms with Crippen molar-refractivity contribution in [3.8, 4) is 0 Å². The number of rotatable bonds is 5. The van der Waals surface area contributed by atoms with E-state index in [4.69, 9.17) is 0 Å². The summed E-state index contributed by atoms with van der Waals surface area (Å²) in [5.41, 5.74) is 1.16. The number of hydrogen-bond acceptors (Lipinski definition) is 3. The number of carbonyl (C=O) groups is 2. The van der Waals surface area contributed by atoms with Crippen molar-refractivity contribution in [3.05, 3.63) is 64.4 Å². The Bertz CT molecular complexity index is 629. The lowest BCUT2D eigenvalue weighted by Crippen LogP contribution is -2.42. The summed E-state index contributed by atoms with van der Waals surface area (Å²) in [6, 6.07) is 11.4. The van der Waals surface area contributed by atoms with Crippen molar-refractivity contribution in [1.82, 2.24) is 10.3 Å². The molecular formula is C15H13BrN2O3. The lowest BCUT2D eigenvalue weighted by atomic mass is 10.1. The van der Waals surface area contributed by atoms with Crippen LogP contribution in [0.5, 0.6) is 0 Å². The van der Waals surface area contributed by atoms with E-state index in [2.05, 4.69) is 26.2 Å². The molecule has 0 saturated carbocycles. The molecule has 0 bridgehead atoms. The molecule has 108 valence electrons. The van der Waals surface area contributed by atoms with Crippen LogP contribution < -0.4 is 5.32 Å². The van der Waals surface area contributed by atoms with E-state index in [9.17, 15) is 14.7 Å². The van der Waals surface area contributed by atoms with E-state index < -0.39 is 17.9 Å². The minimum Gasteiger partial charge on any atom is -0.480 e. The molecule has 1 unspecified atom stereocenters. The number of carbonyl (C=O) groups excluding carboxylic acids is 1. The molecule has 1 aromatic carbocycles. The summed E-state index contributed by atoms with van der Waals surface area (Å²) < 4.78 is 0.609. The summed E-state index contributed by atoms with van der Waals surface area (Å²) in [5, 5.41) is 11.7. The SMILES string of the molecule is O=C(NC(Cc1ccccc1)C(=O)O)c1ccc(Br)nc1. The van der Waals surface area contributed by atoms with Crippen LogP contribution in [0.25, 0.3) is 0 Å². The number of pyridine rings is 1. The van der Waals surface area contributed by atoms with Crippen LogP contribution in [0, 0.1) is 0 Å². The molecule has 0 aliphatic rings. The highest BCUT2D eigenvalue weighted by Crippen LogP contribution is 2.08. The van der Waals surface area contributed by atoms with E-state index in [0.29, 0.717) is 10.2 Å². The van der Waals surface area contributed by atoms with Crippen molar-refractivity contribution < 1.29 is 14.7 Å². The van der Waals surface area contributed by atoms with Gasteiger partial charge in [-0.3, -0.25) is 4.79 Å². The van der Waals surface area contributed by atoms with Crippen molar-refractivity contribution in [2.45, 2.75) is 12.5 Å². The van der Waals surface area contributed by atoms with Crippen LogP contribution in [-0.4, -0.2) is 28.0 Å². The van der Waals surface area contributed by atoms with Crippen LogP contribution in [0.3, 0.4) is 0 Å². The van der Waals surface area contributed by atoms with Gasteiger partial charge in [0.2, 0.25) is 0 Å². The zero-order chi connectivity index (χ0) is 15.2. The number of carboxylic acid groups (broad SMARTS) is 1. The monoisotopic (exact) mass is 348 g/mol. The number of aliphatic carboxylic acids is 1. The fourth-order valence-electron chi connectivity index (χ4n) is 1.80. The zero-order valence-electron chi connectivity index (χ0n) is 11.0. The maximum atomic E-state index is 12.0. The molecule has 2 N–H and O–H groups in total. The van der Waals surface area contributed by atoms with E-state index in [1.165, 1.54) is 6.20 Å². The summed E-state index contributed by atoms with van der Waals surface area (Å²) in [7, 11) is 0. The quantitative estimate of drug-likeness (QED) is 0.812. The molecule has 21 heavy (non-hydrogen) atoms. The van der Waals surface area contributed by atoms with Crippen LogP contribution in [0.15, 0.2) is 53.3 Å². The van der Waals surface area contributed by atoms with Crippen LogP contribution in [-0.2, 0) is 11.2 Å². The highest BCUT2D eigenvalue weighted by Gasteiger charge is 2.21. The second-order valence-corrected chi connectivity index (χ2v) is 5.24. The topological polar surface area (TPSA) is 79.3 Å². The highest BCUT2D eigenvalue weighted by atomic mass is 79.9. The minimum atomic E-state index is -1.07. The molecule has 0 spiro atoms. The number of nitrogens with one attached hydrogen (secondary N) is 1. The fraction of sp³-hybridized carbons (Fsp3) is 0.133. The third kappa shape index (κ3) is 4.39. The normalized spacial score (nSPS) is 11.7. The molecule has 2 rings (SSSR count). The highest BCUT2D eigenvalue weighted by molar-refractivity contribution is 9.10. The molecule has 2 aromatic rings. The van der Waals surface area contributed by atoms with Crippen molar-refractivity contribution in [2.75, 3.05) is 0 Å². The van der Waals surface area contributed by atoms with E-state index in [0.717, 1.165) is 5.56 Å². The van der Waals surface area contributed by atoms with Gasteiger partial charge in [-0.05, 0) is 33.6 Å². The smallest absolute Gasteiger partial charge is 0.326 e. The Morgan fingerprint density at radius 1 is 1.19 bits per heavy atom. The van der Waals surface area contributed by atoms with Crippen LogP contribution in [0.1, 0.15) is 15.9 Å². The molecule has 0 radical (unpaired) electrons. The third-order valence-electron chi connectivity index (χ3n) is 2.88. The Kier molecular flexibility index (Phi) is 5.05. The molecule has 0 aliphatic heterocycles. The summed E-state index contributed by atoms with van der Waals surface area (Å²) in [6.45, 7) is 0. The molecule has 0 saturated heterocycles. The van der Waals surface area contributed by atoms with Gasteiger partial charge >= 0.3 is 5.97 Å². The largest absolute Gasteiger partial charge is 0.480 e. The lowest BCUT2D eigenvalue weighted by molar-refractivity contribution is -0.139. The van der Waals surface area contributed by atoms with Crippen molar-refractivity contribution in [1.29, 1.82) is 0 Å². The van der Waals surface area contributed by atoms with Gasteiger partial charge in [0.25, 0.3) is 5.91 Å². The lowest BCUT2D eigenvalue weighted by Gasteiger charge is -2.14. The molecular weight excluding hydrogens is 336 g/mol. The van der Waals surface area contributed by atoms with Crippen molar-refractivity contribution >= 4 is 27.8 Å². The summed E-state index contributed by atoms with van der Waals surface area (Å²) in [5.74, 6) is -1.53. The Morgan fingerprint density at radius 2 is 1.90 bits per heavy atom. The predicted octanol–water partition coefficient (Wildman–Crippen LogP) is 2.27. The third-order valence-corrected chi connectivity index (χ3v) is 3.34. The first kappa shape index (κ1) is 15.2. The van der Waals surface area contributed by atoms with Gasteiger partial charge in [-0.2, -0.15) is 0 Å². The summed E-state index contributed by atoms with van der Waals surface area (Å²) in [6.07, 6.45) is 1.62. The predicted molar refractivity (Wildman–Crippen MR) is 81.0 cm³/mol. The number of nitrogens with zero attached hydrogens (tertiary/aromatic N) is 1. The Morgan fingerprint density at radius 3 is 2.48 bits per heavy atom. The molecule has 1 aromatic heterocycles. The van der Waals surface area contributed by atoms with Gasteiger partial charge in [0.05, 0.1) is 5.56 Å². The number of hydrogen-bond donors (Lipinski definition) is 2.